The summed E-state index contributed by atoms with van der Waals surface area (Å²) < 4.78 is 1.75. The number of rotatable bonds is 3. The van der Waals surface area contributed by atoms with Gasteiger partial charge in [-0.2, -0.15) is 5.26 Å². The Bertz CT molecular complexity index is 997. The summed E-state index contributed by atoms with van der Waals surface area (Å²) in [4.78, 5) is 18.2. The molecule has 2 heterocycles. The van der Waals surface area contributed by atoms with Gasteiger partial charge >= 0.3 is 0 Å². The normalized spacial score (nSPS) is 15.9. The maximum Gasteiger partial charge on any atom is 0.274 e. The first kappa shape index (κ1) is 16.6. The van der Waals surface area contributed by atoms with E-state index in [-0.39, 0.29) is 5.91 Å². The van der Waals surface area contributed by atoms with Gasteiger partial charge in [0.1, 0.15) is 16.8 Å². The van der Waals surface area contributed by atoms with Crippen LogP contribution in [0.25, 0.3) is 5.69 Å². The number of para-hydroxylation sites is 1. The lowest BCUT2D eigenvalue weighted by Gasteiger charge is -2.17. The molecule has 1 aromatic carbocycles. The third-order valence-corrected chi connectivity index (χ3v) is 5.93. The molecule has 6 heteroatoms. The van der Waals surface area contributed by atoms with Gasteiger partial charge in [-0.1, -0.05) is 25.1 Å². The molecule has 1 N–H and O–H groups in total. The summed E-state index contributed by atoms with van der Waals surface area (Å²) in [5.41, 5.74) is 3.05. The highest BCUT2D eigenvalue weighted by Crippen LogP contribution is 2.39. The molecular formula is C20H18N4OS. The summed E-state index contributed by atoms with van der Waals surface area (Å²) in [5.74, 6) is 0.366. The molecule has 1 atom stereocenters. The number of benzene rings is 1. The van der Waals surface area contributed by atoms with E-state index in [1.165, 1.54) is 16.2 Å². The third-order valence-electron chi connectivity index (χ3n) is 4.76. The molecule has 26 heavy (non-hydrogen) atoms. The van der Waals surface area contributed by atoms with Crippen molar-refractivity contribution >= 4 is 22.2 Å². The second-order valence-corrected chi connectivity index (χ2v) is 7.71. The average Bonchev–Trinajstić information content (AvgIpc) is 3.26. The van der Waals surface area contributed by atoms with E-state index >= 15 is 0 Å². The molecule has 0 unspecified atom stereocenters. The fourth-order valence-electron chi connectivity index (χ4n) is 3.38. The minimum Gasteiger partial charge on any atom is -0.311 e. The molecule has 0 spiro atoms. The molecule has 0 radical (unpaired) electrons. The zero-order chi connectivity index (χ0) is 18.1. The lowest BCUT2D eigenvalue weighted by atomic mass is 9.89. The van der Waals surface area contributed by atoms with Crippen molar-refractivity contribution in [2.75, 3.05) is 5.32 Å². The Morgan fingerprint density at radius 3 is 2.96 bits per heavy atom. The maximum absolute atomic E-state index is 12.8. The highest BCUT2D eigenvalue weighted by Gasteiger charge is 2.25. The molecule has 1 amide bonds. The average molecular weight is 362 g/mol. The number of nitrogens with zero attached hydrogens (tertiary/aromatic N) is 3. The van der Waals surface area contributed by atoms with Crippen molar-refractivity contribution in [1.29, 1.82) is 5.26 Å². The Kier molecular flexibility index (Phi) is 4.31. The number of thiophene rings is 1. The standard InChI is InChI=1S/C20H18N4OS/c1-13-7-8-15-16(10-21)20(26-18(15)9-13)23-19(25)17-11-22-12-24(17)14-5-3-2-4-6-14/h2-6,11-13H,7-9H2,1H3,(H,23,25)/t13-/m1/s1. The number of aromatic nitrogens is 2. The first-order valence-electron chi connectivity index (χ1n) is 8.61. The van der Waals surface area contributed by atoms with Gasteiger partial charge in [0.2, 0.25) is 0 Å². The molecular weight excluding hydrogens is 344 g/mol. The van der Waals surface area contributed by atoms with Crippen LogP contribution in [0.5, 0.6) is 0 Å². The molecule has 0 aliphatic heterocycles. The topological polar surface area (TPSA) is 70.7 Å². The molecule has 0 fully saturated rings. The second kappa shape index (κ2) is 6.77. The van der Waals surface area contributed by atoms with Crippen LogP contribution in [0.1, 0.15) is 39.8 Å². The number of hydrogen-bond donors (Lipinski definition) is 1. The van der Waals surface area contributed by atoms with Crippen LogP contribution in [-0.4, -0.2) is 15.5 Å². The Labute approximate surface area is 155 Å². The number of hydrogen-bond acceptors (Lipinski definition) is 4. The van der Waals surface area contributed by atoms with Gasteiger partial charge in [0, 0.05) is 10.6 Å². The van der Waals surface area contributed by atoms with Crippen LogP contribution in [0.3, 0.4) is 0 Å². The number of amides is 1. The van der Waals surface area contributed by atoms with Gasteiger partial charge in [-0.15, -0.1) is 11.3 Å². The summed E-state index contributed by atoms with van der Waals surface area (Å²) in [7, 11) is 0. The van der Waals surface area contributed by atoms with Crippen molar-refractivity contribution in [3.8, 4) is 11.8 Å². The van der Waals surface area contributed by atoms with E-state index in [0.29, 0.717) is 22.2 Å². The molecule has 3 aromatic rings. The second-order valence-electron chi connectivity index (χ2n) is 6.61. The minimum absolute atomic E-state index is 0.255. The van der Waals surface area contributed by atoms with Gasteiger partial charge in [0.15, 0.2) is 0 Å². The van der Waals surface area contributed by atoms with Crippen molar-refractivity contribution in [2.24, 2.45) is 5.92 Å². The van der Waals surface area contributed by atoms with Crippen molar-refractivity contribution < 1.29 is 4.79 Å². The first-order chi connectivity index (χ1) is 12.7. The molecule has 0 bridgehead atoms. The summed E-state index contributed by atoms with van der Waals surface area (Å²) in [6, 6.07) is 11.9. The Balaban J connectivity index is 1.65. The zero-order valence-corrected chi connectivity index (χ0v) is 15.2. The molecule has 1 aliphatic rings. The highest BCUT2D eigenvalue weighted by molar-refractivity contribution is 7.16. The number of fused-ring (bicyclic) bond motifs is 1. The van der Waals surface area contributed by atoms with Gasteiger partial charge in [0.25, 0.3) is 5.91 Å². The summed E-state index contributed by atoms with van der Waals surface area (Å²) in [6.45, 7) is 2.23. The molecule has 130 valence electrons. The minimum atomic E-state index is -0.255. The fourth-order valence-corrected chi connectivity index (χ4v) is 4.74. The Morgan fingerprint density at radius 1 is 1.38 bits per heavy atom. The van der Waals surface area contributed by atoms with Gasteiger partial charge < -0.3 is 5.32 Å². The van der Waals surface area contributed by atoms with Crippen molar-refractivity contribution in [3.05, 3.63) is 64.6 Å². The van der Waals surface area contributed by atoms with E-state index in [2.05, 4.69) is 23.3 Å². The van der Waals surface area contributed by atoms with Crippen LogP contribution in [0.4, 0.5) is 5.00 Å². The van der Waals surface area contributed by atoms with E-state index in [0.717, 1.165) is 30.5 Å². The van der Waals surface area contributed by atoms with Gasteiger partial charge in [-0.3, -0.25) is 9.36 Å². The van der Waals surface area contributed by atoms with Gasteiger partial charge in [0.05, 0.1) is 18.1 Å². The highest BCUT2D eigenvalue weighted by atomic mass is 32.1. The van der Waals surface area contributed by atoms with Crippen LogP contribution in [0, 0.1) is 17.2 Å². The molecule has 0 saturated heterocycles. The molecule has 5 nitrogen and oxygen atoms in total. The predicted octanol–water partition coefficient (Wildman–Crippen LogP) is 4.18. The van der Waals surface area contributed by atoms with Gasteiger partial charge in [-0.25, -0.2) is 4.98 Å². The van der Waals surface area contributed by atoms with E-state index < -0.39 is 0 Å². The van der Waals surface area contributed by atoms with Crippen LogP contribution < -0.4 is 5.32 Å². The van der Waals surface area contributed by atoms with E-state index in [9.17, 15) is 10.1 Å². The van der Waals surface area contributed by atoms with Crippen molar-refractivity contribution in [3.63, 3.8) is 0 Å². The van der Waals surface area contributed by atoms with Crippen LogP contribution in [-0.2, 0) is 12.8 Å². The summed E-state index contributed by atoms with van der Waals surface area (Å²) in [5, 5.41) is 13.2. The maximum atomic E-state index is 12.8. The van der Waals surface area contributed by atoms with Crippen molar-refractivity contribution in [1.82, 2.24) is 9.55 Å². The number of nitrogens with one attached hydrogen (secondary N) is 1. The third kappa shape index (κ3) is 2.91. The smallest absolute Gasteiger partial charge is 0.274 e. The quantitative estimate of drug-likeness (QED) is 0.760. The van der Waals surface area contributed by atoms with Crippen LogP contribution >= 0.6 is 11.3 Å². The molecule has 4 rings (SSSR count). The lowest BCUT2D eigenvalue weighted by Crippen LogP contribution is -2.16. The van der Waals surface area contributed by atoms with Crippen molar-refractivity contribution in [2.45, 2.75) is 26.2 Å². The van der Waals surface area contributed by atoms with Crippen LogP contribution in [0.15, 0.2) is 42.9 Å². The van der Waals surface area contributed by atoms with E-state index in [1.54, 1.807) is 17.1 Å². The van der Waals surface area contributed by atoms with E-state index in [4.69, 9.17) is 0 Å². The van der Waals surface area contributed by atoms with Gasteiger partial charge in [-0.05, 0) is 42.9 Å². The Hall–Kier alpha value is -2.91. The molecule has 0 saturated carbocycles. The van der Waals surface area contributed by atoms with E-state index in [1.807, 2.05) is 30.3 Å². The first-order valence-corrected chi connectivity index (χ1v) is 9.42. The summed E-state index contributed by atoms with van der Waals surface area (Å²) in [6.07, 6.45) is 6.15. The SMILES string of the molecule is C[C@@H]1CCc2c(sc(NC(=O)c3cncn3-c3ccccc3)c2C#N)C1. The zero-order valence-electron chi connectivity index (χ0n) is 14.4. The molecule has 1 aliphatic carbocycles. The summed E-state index contributed by atoms with van der Waals surface area (Å²) >= 11 is 1.53. The van der Waals surface area contributed by atoms with Crippen LogP contribution in [0.2, 0.25) is 0 Å². The number of anilines is 1. The lowest BCUT2D eigenvalue weighted by molar-refractivity contribution is 0.102. The monoisotopic (exact) mass is 362 g/mol. The number of carbonyl (C=O) groups excluding carboxylic acids is 1. The molecule has 2 aromatic heterocycles. The number of imidazole rings is 1. The number of carbonyl (C=O) groups is 1. The fraction of sp³-hybridized carbons (Fsp3) is 0.250. The number of nitriles is 1. The Morgan fingerprint density at radius 2 is 2.19 bits per heavy atom. The predicted molar refractivity (Wildman–Crippen MR) is 102 cm³/mol. The largest absolute Gasteiger partial charge is 0.311 e.